The summed E-state index contributed by atoms with van der Waals surface area (Å²) < 4.78 is 72.2. The van der Waals surface area contributed by atoms with Crippen molar-refractivity contribution in [1.82, 2.24) is 0 Å². The molecule has 0 radical (unpaired) electrons. The Hall–Kier alpha value is -1.58. The van der Waals surface area contributed by atoms with E-state index in [0.29, 0.717) is 30.8 Å². The van der Waals surface area contributed by atoms with E-state index in [2.05, 4.69) is 11.1 Å². The third kappa shape index (κ3) is 3.47. The molecule has 0 unspecified atom stereocenters. The van der Waals surface area contributed by atoms with Gasteiger partial charge in [0.15, 0.2) is 11.5 Å². The zero-order valence-corrected chi connectivity index (χ0v) is 19.3. The van der Waals surface area contributed by atoms with Gasteiger partial charge in [0, 0.05) is 18.8 Å². The second-order valence-corrected chi connectivity index (χ2v) is 11.8. The predicted molar refractivity (Wildman–Crippen MR) is 107 cm³/mol. The minimum atomic E-state index is -5.91. The quantitative estimate of drug-likeness (QED) is 0.334. The van der Waals surface area contributed by atoms with Crippen molar-refractivity contribution in [2.75, 3.05) is 0 Å². The number of alkyl halides is 3. The van der Waals surface area contributed by atoms with Crippen LogP contribution in [-0.4, -0.2) is 31.8 Å². The highest BCUT2D eigenvalue weighted by molar-refractivity contribution is 7.87. The molecule has 0 saturated heterocycles. The second kappa shape index (κ2) is 7.46. The maximum atomic E-state index is 12.9. The van der Waals surface area contributed by atoms with Gasteiger partial charge in [0.1, 0.15) is 6.10 Å². The van der Waals surface area contributed by atoms with E-state index in [9.17, 15) is 31.2 Å². The number of rotatable bonds is 3. The van der Waals surface area contributed by atoms with Gasteiger partial charge in [-0.2, -0.15) is 21.6 Å². The average Bonchev–Trinajstić information content (AvgIpc) is 2.99. The van der Waals surface area contributed by atoms with E-state index in [4.69, 9.17) is 4.74 Å². The number of ether oxygens (including phenoxy) is 1. The Bertz CT molecular complexity index is 971. The van der Waals surface area contributed by atoms with Gasteiger partial charge in [-0.25, -0.2) is 0 Å². The smallest absolute Gasteiger partial charge is 0.462 e. The molecule has 0 aromatic carbocycles. The van der Waals surface area contributed by atoms with Crippen LogP contribution in [0.1, 0.15) is 72.1 Å². The number of carbonyl (C=O) groups is 2. The molecule has 32 heavy (non-hydrogen) atoms. The van der Waals surface area contributed by atoms with Crippen LogP contribution in [-0.2, 0) is 28.6 Å². The molecule has 0 aromatic rings. The van der Waals surface area contributed by atoms with Crippen LogP contribution in [0.5, 0.6) is 0 Å². The van der Waals surface area contributed by atoms with Gasteiger partial charge in [0.2, 0.25) is 0 Å². The van der Waals surface area contributed by atoms with Crippen molar-refractivity contribution < 1.29 is 40.1 Å². The summed E-state index contributed by atoms with van der Waals surface area (Å²) in [7, 11) is -5.91. The fourth-order valence-electron chi connectivity index (χ4n) is 7.27. The van der Waals surface area contributed by atoms with E-state index in [1.165, 1.54) is 6.92 Å². The largest absolute Gasteiger partial charge is 0.534 e. The zero-order valence-electron chi connectivity index (χ0n) is 18.5. The van der Waals surface area contributed by atoms with Crippen LogP contribution in [0.3, 0.4) is 0 Å². The van der Waals surface area contributed by atoms with Gasteiger partial charge in [-0.05, 0) is 73.7 Å². The van der Waals surface area contributed by atoms with Gasteiger partial charge in [0.25, 0.3) is 0 Å². The van der Waals surface area contributed by atoms with Crippen LogP contribution in [0.25, 0.3) is 0 Å². The fraction of sp³-hybridized carbons (Fsp3) is 0.818. The van der Waals surface area contributed by atoms with Gasteiger partial charge in [-0.15, -0.1) is 0 Å². The zero-order chi connectivity index (χ0) is 23.7. The van der Waals surface area contributed by atoms with E-state index in [0.717, 1.165) is 25.7 Å². The van der Waals surface area contributed by atoms with E-state index in [-0.39, 0.29) is 35.7 Å². The number of Topliss-reactive ketones (excluding diaryl/α,β-unsaturated/α-hetero) is 1. The Morgan fingerprint density at radius 2 is 1.72 bits per heavy atom. The Balaban J connectivity index is 1.67. The maximum absolute atomic E-state index is 12.9. The Morgan fingerprint density at radius 3 is 2.34 bits per heavy atom. The minimum Gasteiger partial charge on any atom is -0.462 e. The first kappa shape index (κ1) is 23.6. The van der Waals surface area contributed by atoms with Crippen LogP contribution >= 0.6 is 0 Å². The van der Waals surface area contributed by atoms with Crippen molar-refractivity contribution in [2.24, 2.45) is 28.6 Å². The molecule has 0 aliphatic heterocycles. The summed E-state index contributed by atoms with van der Waals surface area (Å²) in [5.41, 5.74) is -5.91. The number of esters is 1. The standard InChI is InChI=1S/C22H29F3O6S/c1-12(26)30-18-7-6-14-13-4-5-16-19(31-32(28,29)22(23,24)25)17(27)9-11-20(16,2)15(13)8-10-21(14,18)3/h13-15,18H,4-11H2,1-3H3/t13-,14-,15-,18-,20+,21-/m0/s1. The number of fused-ring (bicyclic) bond motifs is 5. The normalized spacial score (nSPS) is 39.8. The average molecular weight is 479 g/mol. The predicted octanol–water partition coefficient (Wildman–Crippen LogP) is 4.64. The maximum Gasteiger partial charge on any atom is 0.534 e. The fourth-order valence-corrected chi connectivity index (χ4v) is 7.77. The van der Waals surface area contributed by atoms with E-state index in [1.54, 1.807) is 0 Å². The molecular formula is C22H29F3O6S. The van der Waals surface area contributed by atoms with Crippen molar-refractivity contribution in [3.63, 3.8) is 0 Å². The molecule has 0 spiro atoms. The van der Waals surface area contributed by atoms with Crippen molar-refractivity contribution in [1.29, 1.82) is 0 Å². The molecule has 0 bridgehead atoms. The summed E-state index contributed by atoms with van der Waals surface area (Å²) in [6.45, 7) is 5.52. The minimum absolute atomic E-state index is 0.0378. The third-order valence-corrected chi connectivity index (χ3v) is 9.72. The lowest BCUT2D eigenvalue weighted by Crippen LogP contribution is -2.52. The summed E-state index contributed by atoms with van der Waals surface area (Å²) in [4.78, 5) is 24.1. The number of allylic oxidation sites excluding steroid dienone is 1. The lowest BCUT2D eigenvalue weighted by Gasteiger charge is -2.57. The van der Waals surface area contributed by atoms with Crippen molar-refractivity contribution in [3.8, 4) is 0 Å². The van der Waals surface area contributed by atoms with Gasteiger partial charge < -0.3 is 8.92 Å². The van der Waals surface area contributed by atoms with Crippen molar-refractivity contribution >= 4 is 21.9 Å². The lowest BCUT2D eigenvalue weighted by molar-refractivity contribution is -0.157. The molecule has 10 heteroatoms. The highest BCUT2D eigenvalue weighted by Crippen LogP contribution is 2.66. The van der Waals surface area contributed by atoms with E-state index < -0.39 is 32.6 Å². The van der Waals surface area contributed by atoms with E-state index in [1.807, 2.05) is 6.92 Å². The molecule has 0 aromatic heterocycles. The lowest BCUT2D eigenvalue weighted by atomic mass is 9.47. The van der Waals surface area contributed by atoms with Gasteiger partial charge in [-0.1, -0.05) is 13.8 Å². The highest BCUT2D eigenvalue weighted by Gasteiger charge is 2.61. The SMILES string of the molecule is CC(=O)O[C@H]1CC[C@H]2[C@@H]3CCC4=C(OS(=O)(=O)C(F)(F)F)C(=O)CC[C@]4(C)[C@H]3CC[C@]12C. The highest BCUT2D eigenvalue weighted by atomic mass is 32.2. The molecule has 3 saturated carbocycles. The monoisotopic (exact) mass is 478 g/mol. The van der Waals surface area contributed by atoms with Crippen LogP contribution in [0.4, 0.5) is 13.2 Å². The number of ketones is 1. The van der Waals surface area contributed by atoms with Crippen molar-refractivity contribution in [2.45, 2.75) is 83.8 Å². The molecule has 4 aliphatic rings. The Morgan fingerprint density at radius 1 is 1.03 bits per heavy atom. The topological polar surface area (TPSA) is 86.7 Å². The van der Waals surface area contributed by atoms with Gasteiger partial charge in [-0.3, -0.25) is 9.59 Å². The molecule has 180 valence electrons. The summed E-state index contributed by atoms with van der Waals surface area (Å²) in [5.74, 6) is -0.896. The molecule has 4 aliphatic carbocycles. The molecule has 6 atom stereocenters. The van der Waals surface area contributed by atoms with Crippen molar-refractivity contribution in [3.05, 3.63) is 11.3 Å². The summed E-state index contributed by atoms with van der Waals surface area (Å²) >= 11 is 0. The van der Waals surface area contributed by atoms with Crippen LogP contribution in [0, 0.1) is 28.6 Å². The summed E-state index contributed by atoms with van der Waals surface area (Å²) in [6.07, 6.45) is 4.57. The first-order valence-corrected chi connectivity index (χ1v) is 12.6. The number of hydrogen-bond acceptors (Lipinski definition) is 6. The van der Waals surface area contributed by atoms with E-state index >= 15 is 0 Å². The first-order valence-electron chi connectivity index (χ1n) is 11.2. The molecular weight excluding hydrogens is 449 g/mol. The molecule has 0 amide bonds. The Labute approximate surface area is 186 Å². The molecule has 4 rings (SSSR count). The van der Waals surface area contributed by atoms with Crippen LogP contribution in [0.15, 0.2) is 11.3 Å². The second-order valence-electron chi connectivity index (χ2n) is 10.3. The summed E-state index contributed by atoms with van der Waals surface area (Å²) in [5, 5.41) is 0. The molecule has 0 heterocycles. The van der Waals surface area contributed by atoms with Gasteiger partial charge >= 0.3 is 21.6 Å². The third-order valence-electron chi connectivity index (χ3n) is 8.77. The summed E-state index contributed by atoms with van der Waals surface area (Å²) in [6, 6.07) is 0. The molecule has 3 fully saturated rings. The number of hydrogen-bond donors (Lipinski definition) is 0. The van der Waals surface area contributed by atoms with Gasteiger partial charge in [0.05, 0.1) is 0 Å². The Kier molecular flexibility index (Phi) is 5.50. The number of halogens is 3. The molecule has 0 N–H and O–H groups in total. The first-order chi connectivity index (χ1) is 14.7. The van der Waals surface area contributed by atoms with Crippen LogP contribution in [0.2, 0.25) is 0 Å². The number of carbonyl (C=O) groups excluding carboxylic acids is 2. The van der Waals surface area contributed by atoms with Crippen LogP contribution < -0.4 is 0 Å². The molecule has 6 nitrogen and oxygen atoms in total.